The number of fused-ring (bicyclic) bond motifs is 1. The van der Waals surface area contributed by atoms with Crippen LogP contribution in [0.4, 0.5) is 13.2 Å². The maximum Gasteiger partial charge on any atom is 0.406 e. The third-order valence-corrected chi connectivity index (χ3v) is 5.62. The number of aromatic nitrogens is 2. The van der Waals surface area contributed by atoms with Gasteiger partial charge in [0.15, 0.2) is 0 Å². The minimum atomic E-state index is -4.34. The van der Waals surface area contributed by atoms with Crippen LogP contribution in [0.2, 0.25) is 0 Å². The Bertz CT molecular complexity index is 633. The largest absolute Gasteiger partial charge is 0.406 e. The molecule has 5 nitrogen and oxygen atoms in total. The van der Waals surface area contributed by atoms with E-state index in [9.17, 15) is 18.0 Å². The first-order chi connectivity index (χ1) is 11.9. The van der Waals surface area contributed by atoms with Gasteiger partial charge in [-0.25, -0.2) is 4.98 Å². The van der Waals surface area contributed by atoms with E-state index in [1.807, 2.05) is 0 Å². The Morgan fingerprint density at radius 1 is 1.08 bits per heavy atom. The monoisotopic (exact) mass is 356 g/mol. The number of likely N-dealkylation sites (tertiary alicyclic amines) is 2. The molecule has 3 aliphatic rings. The highest BCUT2D eigenvalue weighted by atomic mass is 19.4. The third kappa shape index (κ3) is 3.28. The van der Waals surface area contributed by atoms with Crippen LogP contribution >= 0.6 is 0 Å². The highest BCUT2D eigenvalue weighted by Crippen LogP contribution is 2.36. The molecule has 1 N–H and O–H groups in total. The molecule has 4 rings (SSSR count). The van der Waals surface area contributed by atoms with Crippen molar-refractivity contribution in [1.82, 2.24) is 19.8 Å². The van der Waals surface area contributed by atoms with E-state index in [4.69, 9.17) is 4.98 Å². The Hall–Kier alpha value is -1.57. The number of amides is 1. The fraction of sp³-hybridized carbons (Fsp3) is 0.765. The van der Waals surface area contributed by atoms with Gasteiger partial charge in [-0.2, -0.15) is 13.2 Å². The minimum Gasteiger partial charge on any atom is -0.344 e. The Kier molecular flexibility index (Phi) is 4.25. The lowest BCUT2D eigenvalue weighted by Crippen LogP contribution is -2.44. The predicted octanol–water partition coefficient (Wildman–Crippen LogP) is 2.59. The van der Waals surface area contributed by atoms with Crippen LogP contribution in [-0.4, -0.2) is 57.5 Å². The molecular formula is C17H23F3N4O. The summed E-state index contributed by atoms with van der Waals surface area (Å²) in [5.74, 6) is 0.506. The van der Waals surface area contributed by atoms with Gasteiger partial charge in [-0.3, -0.25) is 9.69 Å². The van der Waals surface area contributed by atoms with E-state index in [1.54, 1.807) is 0 Å². The third-order valence-electron chi connectivity index (χ3n) is 5.62. The van der Waals surface area contributed by atoms with E-state index in [0.717, 1.165) is 61.5 Å². The number of H-pyrrole nitrogens is 1. The van der Waals surface area contributed by atoms with Crippen molar-refractivity contribution in [3.05, 3.63) is 17.2 Å². The van der Waals surface area contributed by atoms with Crippen LogP contribution in [0.3, 0.4) is 0 Å². The van der Waals surface area contributed by atoms with Crippen LogP contribution in [-0.2, 0) is 17.6 Å². The molecule has 0 saturated carbocycles. The molecule has 1 aliphatic carbocycles. The van der Waals surface area contributed by atoms with E-state index in [1.165, 1.54) is 5.69 Å². The smallest absolute Gasteiger partial charge is 0.344 e. The summed E-state index contributed by atoms with van der Waals surface area (Å²) in [4.78, 5) is 23.7. The fourth-order valence-electron chi connectivity index (χ4n) is 4.49. The number of rotatable bonds is 3. The van der Waals surface area contributed by atoms with E-state index >= 15 is 0 Å². The van der Waals surface area contributed by atoms with Gasteiger partial charge in [-0.05, 0) is 51.5 Å². The first-order valence-electron chi connectivity index (χ1n) is 9.11. The highest BCUT2D eigenvalue weighted by molar-refractivity contribution is 5.84. The Morgan fingerprint density at radius 3 is 2.64 bits per heavy atom. The van der Waals surface area contributed by atoms with Gasteiger partial charge in [-0.15, -0.1) is 0 Å². The van der Waals surface area contributed by atoms with E-state index in [2.05, 4.69) is 9.88 Å². The number of alkyl halides is 3. The molecule has 2 unspecified atom stereocenters. The van der Waals surface area contributed by atoms with Crippen molar-refractivity contribution in [2.75, 3.05) is 19.6 Å². The zero-order valence-electron chi connectivity index (χ0n) is 14.1. The molecular weight excluding hydrogens is 333 g/mol. The van der Waals surface area contributed by atoms with Crippen molar-refractivity contribution in [1.29, 1.82) is 0 Å². The van der Waals surface area contributed by atoms with Crippen molar-refractivity contribution in [3.8, 4) is 0 Å². The molecule has 0 bridgehead atoms. The summed E-state index contributed by atoms with van der Waals surface area (Å²) in [6.07, 6.45) is 2.28. The van der Waals surface area contributed by atoms with Gasteiger partial charge in [0.2, 0.25) is 5.91 Å². The molecule has 1 aromatic rings. The summed E-state index contributed by atoms with van der Waals surface area (Å²) < 4.78 is 37.9. The Balaban J connectivity index is 1.50. The molecule has 138 valence electrons. The van der Waals surface area contributed by atoms with Crippen molar-refractivity contribution >= 4 is 5.91 Å². The average molecular weight is 356 g/mol. The molecule has 3 heterocycles. The molecule has 2 fully saturated rings. The lowest BCUT2D eigenvalue weighted by atomic mass is 10.0. The predicted molar refractivity (Wildman–Crippen MR) is 85.0 cm³/mol. The molecule has 2 aliphatic heterocycles. The summed E-state index contributed by atoms with van der Waals surface area (Å²) in [5, 5.41) is 0. The minimum absolute atomic E-state index is 0.0189. The lowest BCUT2D eigenvalue weighted by Gasteiger charge is -2.28. The van der Waals surface area contributed by atoms with E-state index in [0.29, 0.717) is 6.42 Å². The number of nitrogens with one attached hydrogen (secondary N) is 1. The van der Waals surface area contributed by atoms with Crippen LogP contribution in [0.5, 0.6) is 0 Å². The first-order valence-corrected chi connectivity index (χ1v) is 9.11. The van der Waals surface area contributed by atoms with Crippen LogP contribution in [0.25, 0.3) is 0 Å². The van der Waals surface area contributed by atoms with Gasteiger partial charge in [0, 0.05) is 12.2 Å². The van der Waals surface area contributed by atoms with Gasteiger partial charge in [0.05, 0.1) is 17.8 Å². The van der Waals surface area contributed by atoms with Crippen LogP contribution in [0.15, 0.2) is 0 Å². The first kappa shape index (κ1) is 16.9. The van der Waals surface area contributed by atoms with Crippen LogP contribution in [0.1, 0.15) is 55.4 Å². The molecule has 0 spiro atoms. The summed E-state index contributed by atoms with van der Waals surface area (Å²) >= 11 is 0. The fourth-order valence-corrected chi connectivity index (χ4v) is 4.49. The quantitative estimate of drug-likeness (QED) is 0.906. The lowest BCUT2D eigenvalue weighted by molar-refractivity contribution is -0.159. The molecule has 8 heteroatoms. The summed E-state index contributed by atoms with van der Waals surface area (Å²) in [6, 6.07) is -0.428. The van der Waals surface area contributed by atoms with Crippen molar-refractivity contribution in [2.45, 2.75) is 63.2 Å². The maximum atomic E-state index is 12.6. The van der Waals surface area contributed by atoms with Crippen LogP contribution < -0.4 is 0 Å². The number of nitrogens with zero attached hydrogens (tertiary/aromatic N) is 3. The number of aryl methyl sites for hydroxylation is 2. The molecule has 0 aromatic carbocycles. The van der Waals surface area contributed by atoms with Crippen molar-refractivity contribution in [2.24, 2.45) is 0 Å². The second-order valence-corrected chi connectivity index (χ2v) is 7.33. The normalized spacial score (nSPS) is 28.0. The number of carbonyl (C=O) groups excluding carboxylic acids is 1. The summed E-state index contributed by atoms with van der Waals surface area (Å²) in [6.45, 7) is -0.219. The molecule has 1 amide bonds. The van der Waals surface area contributed by atoms with Crippen molar-refractivity contribution in [3.63, 3.8) is 0 Å². The zero-order chi connectivity index (χ0) is 17.6. The number of hydrogen-bond donors (Lipinski definition) is 1. The molecule has 25 heavy (non-hydrogen) atoms. The van der Waals surface area contributed by atoms with Crippen molar-refractivity contribution < 1.29 is 18.0 Å². The number of imidazole rings is 1. The summed E-state index contributed by atoms with van der Waals surface area (Å²) in [7, 11) is 0. The van der Waals surface area contributed by atoms with Crippen LogP contribution in [0, 0.1) is 0 Å². The number of carbonyl (C=O) groups is 1. The number of hydrogen-bond acceptors (Lipinski definition) is 3. The molecule has 2 saturated heterocycles. The molecule has 0 radical (unpaired) electrons. The van der Waals surface area contributed by atoms with E-state index in [-0.39, 0.29) is 18.5 Å². The SMILES string of the molecule is O=C1C(N2CCCC2c2nc3c([nH]2)CCCC3)CCN1CC(F)(F)F. The summed E-state index contributed by atoms with van der Waals surface area (Å²) in [5.41, 5.74) is 2.33. The standard InChI is InChI=1S/C17H23F3N4O/c18-17(19,20)10-23-9-7-14(16(23)25)24-8-3-6-13(24)15-21-11-4-1-2-5-12(11)22-15/h13-14H,1-10H2,(H,21,22). The molecule has 1 aromatic heterocycles. The molecule has 2 atom stereocenters. The van der Waals surface area contributed by atoms with E-state index < -0.39 is 18.8 Å². The van der Waals surface area contributed by atoms with Gasteiger partial charge in [0.1, 0.15) is 12.4 Å². The zero-order valence-corrected chi connectivity index (χ0v) is 14.1. The topological polar surface area (TPSA) is 52.2 Å². The Morgan fingerprint density at radius 2 is 1.88 bits per heavy atom. The Labute approximate surface area is 144 Å². The second kappa shape index (κ2) is 6.30. The van der Waals surface area contributed by atoms with Gasteiger partial charge in [0.25, 0.3) is 0 Å². The second-order valence-electron chi connectivity index (χ2n) is 7.33. The van der Waals surface area contributed by atoms with Gasteiger partial charge >= 0.3 is 6.18 Å². The van der Waals surface area contributed by atoms with Gasteiger partial charge in [-0.1, -0.05) is 0 Å². The number of aromatic amines is 1. The van der Waals surface area contributed by atoms with Gasteiger partial charge < -0.3 is 9.88 Å². The maximum absolute atomic E-state index is 12.6. The number of halogens is 3. The average Bonchev–Trinajstić information content (AvgIpc) is 3.24. The highest BCUT2D eigenvalue weighted by Gasteiger charge is 2.45.